The molecule has 1 aliphatic heterocycles. The van der Waals surface area contributed by atoms with Crippen LogP contribution in [-0.2, 0) is 4.79 Å². The number of Topliss-reactive ketones (excluding diaryl/α,β-unsaturated/α-hetero) is 1. The summed E-state index contributed by atoms with van der Waals surface area (Å²) in [6.45, 7) is 4.93. The van der Waals surface area contributed by atoms with Crippen LogP contribution in [-0.4, -0.2) is 35.8 Å². The van der Waals surface area contributed by atoms with E-state index in [0.717, 1.165) is 37.1 Å². The summed E-state index contributed by atoms with van der Waals surface area (Å²) in [5.74, 6) is 5.59. The SMILES string of the molecule is CB(O)N1CCC(=C(C#CC(C)=O)c2ccccc2)CC1. The minimum Gasteiger partial charge on any atom is -0.437 e. The van der Waals surface area contributed by atoms with Gasteiger partial charge in [0.05, 0.1) is 0 Å². The molecule has 1 aromatic carbocycles. The van der Waals surface area contributed by atoms with Gasteiger partial charge in [0.15, 0.2) is 0 Å². The van der Waals surface area contributed by atoms with Gasteiger partial charge in [-0.15, -0.1) is 0 Å². The van der Waals surface area contributed by atoms with Crippen molar-refractivity contribution in [3.05, 3.63) is 41.5 Å². The van der Waals surface area contributed by atoms with E-state index < -0.39 is 7.05 Å². The van der Waals surface area contributed by atoms with E-state index in [1.165, 1.54) is 12.5 Å². The first-order valence-electron chi connectivity index (χ1n) is 7.30. The lowest BCUT2D eigenvalue weighted by Gasteiger charge is -2.29. The number of hydrogen-bond donors (Lipinski definition) is 1. The molecule has 1 N–H and O–H groups in total. The molecule has 0 aliphatic carbocycles. The number of carbonyl (C=O) groups is 1. The zero-order chi connectivity index (χ0) is 15.2. The standard InChI is InChI=1S/C17H20BNO2/c1-14(20)8-9-17(15-6-4-3-5-7-15)16-10-12-19(13-11-16)18(2)21/h3-7,21H,10-13H2,1-2H3. The lowest BCUT2D eigenvalue weighted by Crippen LogP contribution is -2.41. The normalized spacial score (nSPS) is 15.1. The van der Waals surface area contributed by atoms with Crippen molar-refractivity contribution in [1.82, 2.24) is 4.81 Å². The van der Waals surface area contributed by atoms with E-state index in [4.69, 9.17) is 0 Å². The number of ketones is 1. The van der Waals surface area contributed by atoms with Gasteiger partial charge in [-0.2, -0.15) is 0 Å². The first-order valence-corrected chi connectivity index (χ1v) is 7.30. The molecule has 0 spiro atoms. The fourth-order valence-electron chi connectivity index (χ4n) is 2.54. The molecule has 0 atom stereocenters. The number of hydrogen-bond acceptors (Lipinski definition) is 3. The van der Waals surface area contributed by atoms with Gasteiger partial charge in [-0.25, -0.2) is 0 Å². The smallest absolute Gasteiger partial charge is 0.376 e. The third kappa shape index (κ3) is 4.32. The first kappa shape index (κ1) is 15.6. The second-order valence-electron chi connectivity index (χ2n) is 5.32. The molecule has 1 heterocycles. The van der Waals surface area contributed by atoms with E-state index in [9.17, 15) is 9.82 Å². The average Bonchev–Trinajstić information content (AvgIpc) is 2.49. The Morgan fingerprint density at radius 3 is 2.33 bits per heavy atom. The monoisotopic (exact) mass is 281 g/mol. The molecule has 0 aromatic heterocycles. The van der Waals surface area contributed by atoms with Crippen molar-refractivity contribution in [3.63, 3.8) is 0 Å². The van der Waals surface area contributed by atoms with Gasteiger partial charge in [0.1, 0.15) is 0 Å². The molecule has 0 unspecified atom stereocenters. The van der Waals surface area contributed by atoms with Crippen molar-refractivity contribution < 1.29 is 9.82 Å². The number of benzene rings is 1. The Morgan fingerprint density at radius 1 is 1.19 bits per heavy atom. The summed E-state index contributed by atoms with van der Waals surface area (Å²) in [6, 6.07) is 9.99. The van der Waals surface area contributed by atoms with Crippen LogP contribution in [0.15, 0.2) is 35.9 Å². The maximum Gasteiger partial charge on any atom is 0.376 e. The number of piperidine rings is 1. The summed E-state index contributed by atoms with van der Waals surface area (Å²) in [7, 11) is -0.407. The zero-order valence-corrected chi connectivity index (χ0v) is 12.6. The van der Waals surface area contributed by atoms with Crippen LogP contribution in [0.3, 0.4) is 0 Å². The molecule has 1 saturated heterocycles. The van der Waals surface area contributed by atoms with Crippen molar-refractivity contribution >= 4 is 18.4 Å². The van der Waals surface area contributed by atoms with Crippen LogP contribution in [0.2, 0.25) is 6.82 Å². The summed E-state index contributed by atoms with van der Waals surface area (Å²) in [5.41, 5.74) is 3.30. The van der Waals surface area contributed by atoms with E-state index in [2.05, 4.69) is 11.8 Å². The van der Waals surface area contributed by atoms with E-state index in [-0.39, 0.29) is 5.78 Å². The summed E-state index contributed by atoms with van der Waals surface area (Å²) in [5, 5.41) is 9.63. The second-order valence-corrected chi connectivity index (χ2v) is 5.32. The average molecular weight is 281 g/mol. The van der Waals surface area contributed by atoms with Crippen LogP contribution in [0, 0.1) is 11.8 Å². The predicted octanol–water partition coefficient (Wildman–Crippen LogP) is 2.24. The van der Waals surface area contributed by atoms with E-state index in [0.29, 0.717) is 0 Å². The molecule has 0 radical (unpaired) electrons. The molecule has 0 saturated carbocycles. The summed E-state index contributed by atoms with van der Waals surface area (Å²) in [6.07, 6.45) is 1.75. The van der Waals surface area contributed by atoms with Crippen LogP contribution >= 0.6 is 0 Å². The Bertz CT molecular complexity index is 586. The van der Waals surface area contributed by atoms with E-state index in [1.807, 2.05) is 35.1 Å². The number of carbonyl (C=O) groups excluding carboxylic acids is 1. The molecule has 21 heavy (non-hydrogen) atoms. The fraction of sp³-hybridized carbons (Fsp3) is 0.353. The Hall–Kier alpha value is -1.83. The van der Waals surface area contributed by atoms with Gasteiger partial charge < -0.3 is 9.83 Å². The highest BCUT2D eigenvalue weighted by molar-refractivity contribution is 6.45. The van der Waals surface area contributed by atoms with E-state index >= 15 is 0 Å². The summed E-state index contributed by atoms with van der Waals surface area (Å²) in [4.78, 5) is 13.2. The largest absolute Gasteiger partial charge is 0.437 e. The van der Waals surface area contributed by atoms with Gasteiger partial charge in [-0.1, -0.05) is 41.8 Å². The second kappa shape index (κ2) is 7.26. The van der Waals surface area contributed by atoms with Gasteiger partial charge >= 0.3 is 7.05 Å². The van der Waals surface area contributed by atoms with Gasteiger partial charge in [-0.3, -0.25) is 4.79 Å². The maximum absolute atomic E-state index is 11.2. The van der Waals surface area contributed by atoms with Crippen LogP contribution in [0.4, 0.5) is 0 Å². The zero-order valence-electron chi connectivity index (χ0n) is 12.6. The van der Waals surface area contributed by atoms with Gasteiger partial charge in [0.25, 0.3) is 0 Å². The first-order chi connectivity index (χ1) is 10.1. The van der Waals surface area contributed by atoms with Crippen LogP contribution in [0.1, 0.15) is 25.3 Å². The molecule has 4 heteroatoms. The topological polar surface area (TPSA) is 40.5 Å². The lowest BCUT2D eigenvalue weighted by molar-refractivity contribution is -0.111. The molecular formula is C17H20BNO2. The van der Waals surface area contributed by atoms with Gasteiger partial charge in [0.2, 0.25) is 5.78 Å². The van der Waals surface area contributed by atoms with Crippen LogP contribution < -0.4 is 0 Å². The minimum absolute atomic E-state index is 0.120. The highest BCUT2D eigenvalue weighted by Gasteiger charge is 2.22. The highest BCUT2D eigenvalue weighted by Crippen LogP contribution is 2.26. The quantitative estimate of drug-likeness (QED) is 0.513. The van der Waals surface area contributed by atoms with Crippen molar-refractivity contribution in [3.8, 4) is 11.8 Å². The Balaban J connectivity index is 2.31. The molecule has 1 fully saturated rings. The number of allylic oxidation sites excluding steroid dienone is 1. The van der Waals surface area contributed by atoms with Crippen molar-refractivity contribution in [2.45, 2.75) is 26.6 Å². The van der Waals surface area contributed by atoms with Crippen molar-refractivity contribution in [2.75, 3.05) is 13.1 Å². The van der Waals surface area contributed by atoms with Crippen LogP contribution in [0.25, 0.3) is 5.57 Å². The van der Waals surface area contributed by atoms with E-state index in [1.54, 1.807) is 6.82 Å². The molecule has 108 valence electrons. The van der Waals surface area contributed by atoms with Crippen LogP contribution in [0.5, 0.6) is 0 Å². The predicted molar refractivity (Wildman–Crippen MR) is 86.5 cm³/mol. The minimum atomic E-state index is -0.407. The summed E-state index contributed by atoms with van der Waals surface area (Å²) < 4.78 is 0. The lowest BCUT2D eigenvalue weighted by atomic mass is 9.81. The number of rotatable bonds is 2. The molecule has 3 nitrogen and oxygen atoms in total. The molecule has 1 aromatic rings. The van der Waals surface area contributed by atoms with Crippen molar-refractivity contribution in [1.29, 1.82) is 0 Å². The summed E-state index contributed by atoms with van der Waals surface area (Å²) >= 11 is 0. The third-order valence-corrected chi connectivity index (χ3v) is 3.71. The Labute approximate surface area is 126 Å². The fourth-order valence-corrected chi connectivity index (χ4v) is 2.54. The molecular weight excluding hydrogens is 261 g/mol. The molecule has 1 aliphatic rings. The van der Waals surface area contributed by atoms with Gasteiger partial charge in [0, 0.05) is 12.5 Å². The maximum atomic E-state index is 11.2. The van der Waals surface area contributed by atoms with Gasteiger partial charge in [-0.05, 0) is 44.2 Å². The number of nitrogens with zero attached hydrogens (tertiary/aromatic N) is 1. The molecule has 0 bridgehead atoms. The molecule has 2 rings (SSSR count). The third-order valence-electron chi connectivity index (χ3n) is 3.71. The van der Waals surface area contributed by atoms with Crippen molar-refractivity contribution in [2.24, 2.45) is 0 Å². The Kier molecular flexibility index (Phi) is 5.38. The highest BCUT2D eigenvalue weighted by atomic mass is 16.2. The Morgan fingerprint density at radius 2 is 1.81 bits per heavy atom. The molecule has 0 amide bonds.